The van der Waals surface area contributed by atoms with E-state index in [4.69, 9.17) is 4.74 Å². The topological polar surface area (TPSA) is 34.2 Å². The quantitative estimate of drug-likeness (QED) is 0.929. The summed E-state index contributed by atoms with van der Waals surface area (Å²) >= 11 is 1.72. The zero-order chi connectivity index (χ0) is 14.0. The summed E-state index contributed by atoms with van der Waals surface area (Å²) in [6, 6.07) is 4.41. The second kappa shape index (κ2) is 5.72. The number of hydrogen-bond donors (Lipinski definition) is 1. The summed E-state index contributed by atoms with van der Waals surface area (Å²) in [5.41, 5.74) is 3.61. The molecule has 0 fully saturated rings. The number of ether oxygens (including phenoxy) is 1. The zero-order valence-electron chi connectivity index (χ0n) is 12.1. The Morgan fingerprint density at radius 3 is 2.53 bits per heavy atom. The van der Waals surface area contributed by atoms with Gasteiger partial charge in [-0.15, -0.1) is 11.3 Å². The van der Waals surface area contributed by atoms with Crippen LogP contribution in [0.5, 0.6) is 5.75 Å². The molecule has 1 heterocycles. The summed E-state index contributed by atoms with van der Waals surface area (Å²) < 4.78 is 5.61. The van der Waals surface area contributed by atoms with Crippen LogP contribution in [0.25, 0.3) is 0 Å². The first kappa shape index (κ1) is 14.0. The van der Waals surface area contributed by atoms with E-state index in [1.165, 1.54) is 16.0 Å². The summed E-state index contributed by atoms with van der Waals surface area (Å²) in [5.74, 6) is 0.963. The molecule has 4 heteroatoms. The SMILES string of the molecule is CNC(c1cnc(C)s1)c1ccc(C)c(C)c1OC. The van der Waals surface area contributed by atoms with Crippen molar-refractivity contribution in [2.45, 2.75) is 26.8 Å². The van der Waals surface area contributed by atoms with Crippen LogP contribution in [0.3, 0.4) is 0 Å². The third kappa shape index (κ3) is 2.65. The lowest BCUT2D eigenvalue weighted by Gasteiger charge is -2.20. The van der Waals surface area contributed by atoms with Crippen molar-refractivity contribution in [3.63, 3.8) is 0 Å². The molecule has 102 valence electrons. The van der Waals surface area contributed by atoms with E-state index in [2.05, 4.69) is 36.3 Å². The molecule has 0 aliphatic rings. The highest BCUT2D eigenvalue weighted by Crippen LogP contribution is 2.35. The predicted molar refractivity (Wildman–Crippen MR) is 80.2 cm³/mol. The average Bonchev–Trinajstić information content (AvgIpc) is 2.81. The van der Waals surface area contributed by atoms with Crippen LogP contribution in [0.15, 0.2) is 18.3 Å². The first-order valence-electron chi connectivity index (χ1n) is 6.32. The van der Waals surface area contributed by atoms with Crippen molar-refractivity contribution in [1.82, 2.24) is 10.3 Å². The Morgan fingerprint density at radius 1 is 1.26 bits per heavy atom. The number of aromatic nitrogens is 1. The molecule has 0 bridgehead atoms. The van der Waals surface area contributed by atoms with Crippen LogP contribution in [0, 0.1) is 20.8 Å². The zero-order valence-corrected chi connectivity index (χ0v) is 12.9. The van der Waals surface area contributed by atoms with Gasteiger partial charge in [0.1, 0.15) is 5.75 Å². The van der Waals surface area contributed by atoms with Crippen LogP contribution in [-0.2, 0) is 0 Å². The van der Waals surface area contributed by atoms with E-state index < -0.39 is 0 Å². The number of nitrogens with zero attached hydrogens (tertiary/aromatic N) is 1. The lowest BCUT2D eigenvalue weighted by atomic mass is 9.98. The van der Waals surface area contributed by atoms with Crippen molar-refractivity contribution < 1.29 is 4.74 Å². The average molecular weight is 276 g/mol. The van der Waals surface area contributed by atoms with Gasteiger partial charge in [-0.25, -0.2) is 4.98 Å². The Balaban J connectivity index is 2.52. The minimum Gasteiger partial charge on any atom is -0.496 e. The molecule has 0 saturated carbocycles. The van der Waals surface area contributed by atoms with Gasteiger partial charge >= 0.3 is 0 Å². The van der Waals surface area contributed by atoms with E-state index >= 15 is 0 Å². The number of hydrogen-bond acceptors (Lipinski definition) is 4. The van der Waals surface area contributed by atoms with Gasteiger partial charge in [0.25, 0.3) is 0 Å². The highest BCUT2D eigenvalue weighted by Gasteiger charge is 2.20. The molecule has 2 rings (SSSR count). The van der Waals surface area contributed by atoms with Gasteiger partial charge < -0.3 is 10.1 Å². The highest BCUT2D eigenvalue weighted by molar-refractivity contribution is 7.11. The fraction of sp³-hybridized carbons (Fsp3) is 0.400. The molecule has 19 heavy (non-hydrogen) atoms. The van der Waals surface area contributed by atoms with Crippen LogP contribution >= 0.6 is 11.3 Å². The standard InChI is InChI=1S/C15H20N2OS/c1-9-6-7-12(15(18-5)10(9)2)14(16-4)13-8-17-11(3)19-13/h6-8,14,16H,1-5H3. The molecule has 1 N–H and O–H groups in total. The fourth-order valence-corrected chi connectivity index (χ4v) is 3.19. The first-order valence-corrected chi connectivity index (χ1v) is 7.13. The molecule has 0 amide bonds. The van der Waals surface area contributed by atoms with Gasteiger partial charge in [0.15, 0.2) is 0 Å². The number of benzene rings is 1. The van der Waals surface area contributed by atoms with Gasteiger partial charge in [-0.3, -0.25) is 0 Å². The van der Waals surface area contributed by atoms with Crippen molar-refractivity contribution in [1.29, 1.82) is 0 Å². The lowest BCUT2D eigenvalue weighted by Crippen LogP contribution is -2.18. The molecule has 1 aromatic carbocycles. The van der Waals surface area contributed by atoms with E-state index in [-0.39, 0.29) is 6.04 Å². The van der Waals surface area contributed by atoms with Crippen molar-refractivity contribution in [2.75, 3.05) is 14.2 Å². The van der Waals surface area contributed by atoms with E-state index in [9.17, 15) is 0 Å². The van der Waals surface area contributed by atoms with Gasteiger partial charge in [-0.2, -0.15) is 0 Å². The highest BCUT2D eigenvalue weighted by atomic mass is 32.1. The second-order valence-electron chi connectivity index (χ2n) is 4.63. The Kier molecular flexibility index (Phi) is 4.22. The molecule has 0 aliphatic carbocycles. The third-order valence-electron chi connectivity index (χ3n) is 3.43. The summed E-state index contributed by atoms with van der Waals surface area (Å²) in [5, 5.41) is 4.44. The molecule has 0 spiro atoms. The lowest BCUT2D eigenvalue weighted by molar-refractivity contribution is 0.402. The minimum absolute atomic E-state index is 0.125. The van der Waals surface area contributed by atoms with Gasteiger partial charge in [0.05, 0.1) is 18.2 Å². The van der Waals surface area contributed by atoms with Crippen molar-refractivity contribution >= 4 is 11.3 Å². The Morgan fingerprint density at radius 2 is 2.00 bits per heavy atom. The predicted octanol–water partition coefficient (Wildman–Crippen LogP) is 3.39. The summed E-state index contributed by atoms with van der Waals surface area (Å²) in [6.07, 6.45) is 1.94. The van der Waals surface area contributed by atoms with E-state index in [1.807, 2.05) is 20.2 Å². The molecule has 1 aromatic heterocycles. The van der Waals surface area contributed by atoms with E-state index in [0.29, 0.717) is 0 Å². The van der Waals surface area contributed by atoms with Crippen LogP contribution < -0.4 is 10.1 Å². The van der Waals surface area contributed by atoms with Crippen LogP contribution in [-0.4, -0.2) is 19.1 Å². The summed E-state index contributed by atoms with van der Waals surface area (Å²) in [7, 11) is 3.70. The van der Waals surface area contributed by atoms with Crippen molar-refractivity contribution in [3.8, 4) is 5.75 Å². The third-order valence-corrected chi connectivity index (χ3v) is 4.41. The Hall–Kier alpha value is -1.39. The Labute approximate surface area is 118 Å². The van der Waals surface area contributed by atoms with Crippen LogP contribution in [0.1, 0.15) is 32.6 Å². The number of nitrogens with one attached hydrogen (secondary N) is 1. The molecule has 1 unspecified atom stereocenters. The number of methoxy groups -OCH3 is 1. The first-order chi connectivity index (χ1) is 9.08. The van der Waals surface area contributed by atoms with Crippen molar-refractivity contribution in [3.05, 3.63) is 44.9 Å². The number of thiazole rings is 1. The minimum atomic E-state index is 0.125. The maximum atomic E-state index is 5.61. The molecule has 0 radical (unpaired) electrons. The van der Waals surface area contributed by atoms with Crippen LogP contribution in [0.2, 0.25) is 0 Å². The number of aryl methyl sites for hydroxylation is 2. The molecule has 1 atom stereocenters. The van der Waals surface area contributed by atoms with Crippen LogP contribution in [0.4, 0.5) is 0 Å². The van der Waals surface area contributed by atoms with E-state index in [0.717, 1.165) is 16.3 Å². The summed E-state index contributed by atoms with van der Waals surface area (Å²) in [4.78, 5) is 5.55. The van der Waals surface area contributed by atoms with Gasteiger partial charge in [-0.05, 0) is 38.9 Å². The van der Waals surface area contributed by atoms with Crippen molar-refractivity contribution in [2.24, 2.45) is 0 Å². The molecule has 2 aromatic rings. The van der Waals surface area contributed by atoms with Gasteiger partial charge in [0.2, 0.25) is 0 Å². The summed E-state index contributed by atoms with van der Waals surface area (Å²) in [6.45, 7) is 6.23. The van der Waals surface area contributed by atoms with Gasteiger partial charge in [0, 0.05) is 16.6 Å². The molecule has 3 nitrogen and oxygen atoms in total. The van der Waals surface area contributed by atoms with E-state index in [1.54, 1.807) is 18.4 Å². The number of rotatable bonds is 4. The monoisotopic (exact) mass is 276 g/mol. The smallest absolute Gasteiger partial charge is 0.127 e. The maximum Gasteiger partial charge on any atom is 0.127 e. The normalized spacial score (nSPS) is 12.5. The fourth-order valence-electron chi connectivity index (χ4n) is 2.27. The van der Waals surface area contributed by atoms with Gasteiger partial charge in [-0.1, -0.05) is 12.1 Å². The maximum absolute atomic E-state index is 5.61. The second-order valence-corrected chi connectivity index (χ2v) is 5.90. The molecule has 0 saturated heterocycles. The molecular weight excluding hydrogens is 256 g/mol. The largest absolute Gasteiger partial charge is 0.496 e. The Bertz CT molecular complexity index is 578. The molecular formula is C15H20N2OS. The molecule has 0 aliphatic heterocycles.